The summed E-state index contributed by atoms with van der Waals surface area (Å²) in [5.74, 6) is -0.390. The quantitative estimate of drug-likeness (QED) is 0.504. The molecular weight excluding hydrogens is 264 g/mol. The molecule has 2 rings (SSSR count). The van der Waals surface area contributed by atoms with Crippen LogP contribution in [0.2, 0.25) is 0 Å². The van der Waals surface area contributed by atoms with E-state index in [-0.39, 0.29) is 5.91 Å². The zero-order chi connectivity index (χ0) is 15.1. The molecule has 1 aromatic heterocycles. The molecular formula is C17H20N2O2. The van der Waals surface area contributed by atoms with E-state index >= 15 is 0 Å². The predicted octanol–water partition coefficient (Wildman–Crippen LogP) is 3.11. The molecule has 0 spiro atoms. The van der Waals surface area contributed by atoms with Crippen LogP contribution in [0.1, 0.15) is 34.3 Å². The number of carbonyl (C=O) groups excluding carboxylic acids is 1. The third kappa shape index (κ3) is 4.68. The van der Waals surface area contributed by atoms with E-state index in [0.29, 0.717) is 10.6 Å². The fourth-order valence-electron chi connectivity index (χ4n) is 2.21. The number of amides is 1. The number of hydrogen-bond donors (Lipinski definition) is 1. The molecule has 1 N–H and O–H groups in total. The SMILES string of the molecule is CN(O)C(=O)c1ccc(CCCCc2ccncc2)cc1. The molecule has 4 heteroatoms. The van der Waals surface area contributed by atoms with Crippen LogP contribution in [-0.4, -0.2) is 28.2 Å². The first-order chi connectivity index (χ1) is 10.2. The van der Waals surface area contributed by atoms with Crippen molar-refractivity contribution in [2.45, 2.75) is 25.7 Å². The molecule has 0 aliphatic carbocycles. The fraction of sp³-hybridized carbons (Fsp3) is 0.294. The summed E-state index contributed by atoms with van der Waals surface area (Å²) in [7, 11) is 1.33. The maximum absolute atomic E-state index is 11.5. The Kier molecular flexibility index (Phi) is 5.46. The first kappa shape index (κ1) is 15.2. The van der Waals surface area contributed by atoms with Gasteiger partial charge in [-0.3, -0.25) is 15.0 Å². The summed E-state index contributed by atoms with van der Waals surface area (Å²) in [6.07, 6.45) is 7.94. The first-order valence-corrected chi connectivity index (χ1v) is 7.11. The van der Waals surface area contributed by atoms with Crippen LogP contribution in [0.25, 0.3) is 0 Å². The second-order valence-corrected chi connectivity index (χ2v) is 5.09. The fourth-order valence-corrected chi connectivity index (χ4v) is 2.21. The van der Waals surface area contributed by atoms with Crippen LogP contribution in [0, 0.1) is 0 Å². The molecule has 110 valence electrons. The van der Waals surface area contributed by atoms with Crippen molar-refractivity contribution in [1.82, 2.24) is 10.0 Å². The lowest BCUT2D eigenvalue weighted by Gasteiger charge is -2.08. The van der Waals surface area contributed by atoms with E-state index in [1.54, 1.807) is 12.1 Å². The minimum Gasteiger partial charge on any atom is -0.286 e. The van der Waals surface area contributed by atoms with Gasteiger partial charge < -0.3 is 0 Å². The Hall–Kier alpha value is -2.20. The third-order valence-electron chi connectivity index (χ3n) is 3.43. The summed E-state index contributed by atoms with van der Waals surface area (Å²) in [6.45, 7) is 0. The second-order valence-electron chi connectivity index (χ2n) is 5.09. The summed E-state index contributed by atoms with van der Waals surface area (Å²) >= 11 is 0. The molecule has 0 atom stereocenters. The monoisotopic (exact) mass is 284 g/mol. The number of hydroxylamine groups is 2. The van der Waals surface area contributed by atoms with Crippen molar-refractivity contribution in [3.8, 4) is 0 Å². The molecule has 0 aliphatic rings. The molecule has 1 heterocycles. The van der Waals surface area contributed by atoms with Gasteiger partial charge in [-0.25, -0.2) is 5.06 Å². The molecule has 4 nitrogen and oxygen atoms in total. The van der Waals surface area contributed by atoms with Gasteiger partial charge in [0, 0.05) is 25.0 Å². The Bertz CT molecular complexity index is 565. The Morgan fingerprint density at radius 3 is 2.05 bits per heavy atom. The number of aryl methyl sites for hydroxylation is 2. The number of rotatable bonds is 6. The number of aromatic nitrogens is 1. The Labute approximate surface area is 125 Å². The largest absolute Gasteiger partial charge is 0.286 e. The molecule has 0 fully saturated rings. The van der Waals surface area contributed by atoms with Crippen molar-refractivity contribution in [3.63, 3.8) is 0 Å². The lowest BCUT2D eigenvalue weighted by molar-refractivity contribution is -0.0374. The van der Waals surface area contributed by atoms with E-state index in [1.807, 2.05) is 36.7 Å². The van der Waals surface area contributed by atoms with Crippen LogP contribution in [-0.2, 0) is 12.8 Å². The van der Waals surface area contributed by atoms with Crippen LogP contribution in [0.5, 0.6) is 0 Å². The van der Waals surface area contributed by atoms with Gasteiger partial charge in [0.15, 0.2) is 0 Å². The Balaban J connectivity index is 1.77. The number of nitrogens with zero attached hydrogens (tertiary/aromatic N) is 2. The Morgan fingerprint density at radius 1 is 1.00 bits per heavy atom. The molecule has 0 unspecified atom stereocenters. The van der Waals surface area contributed by atoms with Crippen LogP contribution in [0.15, 0.2) is 48.8 Å². The molecule has 0 saturated carbocycles. The van der Waals surface area contributed by atoms with Gasteiger partial charge in [-0.1, -0.05) is 12.1 Å². The zero-order valence-corrected chi connectivity index (χ0v) is 12.2. The predicted molar refractivity (Wildman–Crippen MR) is 81.2 cm³/mol. The maximum Gasteiger partial charge on any atom is 0.276 e. The minimum absolute atomic E-state index is 0.390. The highest BCUT2D eigenvalue weighted by Crippen LogP contribution is 2.11. The van der Waals surface area contributed by atoms with E-state index in [0.717, 1.165) is 25.7 Å². The highest BCUT2D eigenvalue weighted by Gasteiger charge is 2.08. The van der Waals surface area contributed by atoms with Gasteiger partial charge in [-0.2, -0.15) is 0 Å². The van der Waals surface area contributed by atoms with E-state index < -0.39 is 0 Å². The van der Waals surface area contributed by atoms with Gasteiger partial charge >= 0.3 is 0 Å². The average molecular weight is 284 g/mol. The van der Waals surface area contributed by atoms with Crippen molar-refractivity contribution in [1.29, 1.82) is 0 Å². The van der Waals surface area contributed by atoms with Crippen molar-refractivity contribution in [2.24, 2.45) is 0 Å². The first-order valence-electron chi connectivity index (χ1n) is 7.11. The minimum atomic E-state index is -0.390. The maximum atomic E-state index is 11.5. The summed E-state index contributed by atoms with van der Waals surface area (Å²) in [4.78, 5) is 15.6. The van der Waals surface area contributed by atoms with Crippen molar-refractivity contribution in [2.75, 3.05) is 7.05 Å². The highest BCUT2D eigenvalue weighted by molar-refractivity contribution is 5.93. The molecule has 0 radical (unpaired) electrons. The lowest BCUT2D eigenvalue weighted by atomic mass is 10.0. The van der Waals surface area contributed by atoms with E-state index in [4.69, 9.17) is 5.21 Å². The molecule has 2 aromatic rings. The molecule has 0 aliphatic heterocycles. The van der Waals surface area contributed by atoms with Gasteiger partial charge in [0.25, 0.3) is 5.91 Å². The van der Waals surface area contributed by atoms with Crippen molar-refractivity contribution >= 4 is 5.91 Å². The van der Waals surface area contributed by atoms with E-state index in [9.17, 15) is 4.79 Å². The summed E-state index contributed by atoms with van der Waals surface area (Å²) < 4.78 is 0. The summed E-state index contributed by atoms with van der Waals surface area (Å²) in [5.41, 5.74) is 3.03. The molecule has 21 heavy (non-hydrogen) atoms. The number of carbonyl (C=O) groups is 1. The molecule has 0 bridgehead atoms. The molecule has 1 aromatic carbocycles. The van der Waals surface area contributed by atoms with Crippen molar-refractivity contribution < 1.29 is 10.0 Å². The van der Waals surface area contributed by atoms with Crippen LogP contribution < -0.4 is 0 Å². The zero-order valence-electron chi connectivity index (χ0n) is 12.2. The molecule has 1 amide bonds. The van der Waals surface area contributed by atoms with Crippen molar-refractivity contribution in [3.05, 3.63) is 65.5 Å². The third-order valence-corrected chi connectivity index (χ3v) is 3.43. The second kappa shape index (κ2) is 7.55. The topological polar surface area (TPSA) is 53.4 Å². The van der Waals surface area contributed by atoms with Crippen LogP contribution >= 0.6 is 0 Å². The van der Waals surface area contributed by atoms with Gasteiger partial charge in [0.2, 0.25) is 0 Å². The highest BCUT2D eigenvalue weighted by atomic mass is 16.5. The number of unbranched alkanes of at least 4 members (excludes halogenated alkanes) is 1. The average Bonchev–Trinajstić information content (AvgIpc) is 2.52. The van der Waals surface area contributed by atoms with Gasteiger partial charge in [-0.05, 0) is 61.1 Å². The number of pyridine rings is 1. The van der Waals surface area contributed by atoms with Gasteiger partial charge in [0.05, 0.1) is 0 Å². The smallest absolute Gasteiger partial charge is 0.276 e. The number of benzene rings is 1. The normalized spacial score (nSPS) is 10.4. The number of hydrogen-bond acceptors (Lipinski definition) is 3. The summed E-state index contributed by atoms with van der Waals surface area (Å²) in [6, 6.07) is 11.5. The summed E-state index contributed by atoms with van der Waals surface area (Å²) in [5, 5.41) is 9.71. The van der Waals surface area contributed by atoms with E-state index in [1.165, 1.54) is 18.2 Å². The Morgan fingerprint density at radius 2 is 1.52 bits per heavy atom. The lowest BCUT2D eigenvalue weighted by Crippen LogP contribution is -2.22. The van der Waals surface area contributed by atoms with Gasteiger partial charge in [0.1, 0.15) is 0 Å². The van der Waals surface area contributed by atoms with Crippen LogP contribution in [0.4, 0.5) is 0 Å². The van der Waals surface area contributed by atoms with E-state index in [2.05, 4.69) is 4.98 Å². The van der Waals surface area contributed by atoms with Crippen LogP contribution in [0.3, 0.4) is 0 Å². The van der Waals surface area contributed by atoms with Gasteiger partial charge in [-0.15, -0.1) is 0 Å². The molecule has 0 saturated heterocycles. The standard InChI is InChI=1S/C17H20N2O2/c1-19(21)17(20)16-8-6-14(7-9-16)4-2-3-5-15-10-12-18-13-11-15/h6-13,21H,2-5H2,1H3.